The maximum absolute atomic E-state index is 10.3. The second kappa shape index (κ2) is 15.7. The van der Waals surface area contributed by atoms with Gasteiger partial charge in [-0.3, -0.25) is 4.79 Å². The molecular formula is C18H30O2. The highest BCUT2D eigenvalue weighted by Gasteiger charge is 1.95. The van der Waals surface area contributed by atoms with Crippen molar-refractivity contribution >= 4 is 5.97 Å². The van der Waals surface area contributed by atoms with Crippen molar-refractivity contribution in [3.05, 3.63) is 36.5 Å². The molecule has 2 heteroatoms. The fraction of sp³-hybridized carbons (Fsp3) is 0.611. The number of carboxylic acids is 1. The van der Waals surface area contributed by atoms with Crippen LogP contribution in [0.5, 0.6) is 0 Å². The number of hydrogen-bond donors (Lipinski definition) is 1. The minimum atomic E-state index is -0.675. The zero-order chi connectivity index (χ0) is 14.9. The molecule has 0 aliphatic carbocycles. The van der Waals surface area contributed by atoms with Crippen LogP contribution in [0.25, 0.3) is 0 Å². The largest absolute Gasteiger partial charge is 0.481 e. The number of carbonyl (C=O) groups is 1. The summed E-state index contributed by atoms with van der Waals surface area (Å²) in [6.07, 6.45) is 23.4. The highest BCUT2D eigenvalue weighted by Crippen LogP contribution is 2.07. The van der Waals surface area contributed by atoms with E-state index < -0.39 is 5.97 Å². The first-order chi connectivity index (χ1) is 9.77. The Hall–Kier alpha value is -1.31. The van der Waals surface area contributed by atoms with Crippen molar-refractivity contribution in [2.75, 3.05) is 0 Å². The van der Waals surface area contributed by atoms with E-state index in [0.717, 1.165) is 44.9 Å². The van der Waals surface area contributed by atoms with Crippen LogP contribution in [0, 0.1) is 0 Å². The standard InChI is InChI=1S/C18H30O2/c1-2-3-4-5-6-7-8-9-10-11-12-13-14-15-16-17-18(19)20/h3-4,6-7,9-10H,2,5,8,11-17H2,1H3,(H,19,20)/b4-3+,7-6+,10-9-. The van der Waals surface area contributed by atoms with Crippen LogP contribution >= 0.6 is 0 Å². The van der Waals surface area contributed by atoms with Crippen LogP contribution in [-0.2, 0) is 4.79 Å². The molecule has 2 nitrogen and oxygen atoms in total. The summed E-state index contributed by atoms with van der Waals surface area (Å²) < 4.78 is 0. The summed E-state index contributed by atoms with van der Waals surface area (Å²) in [7, 11) is 0. The molecule has 0 aliphatic rings. The molecule has 0 radical (unpaired) electrons. The first-order valence-corrected chi connectivity index (χ1v) is 7.94. The smallest absolute Gasteiger partial charge is 0.303 e. The third kappa shape index (κ3) is 16.7. The molecule has 0 aliphatic heterocycles. The van der Waals surface area contributed by atoms with Crippen LogP contribution in [0.4, 0.5) is 0 Å². The van der Waals surface area contributed by atoms with E-state index in [1.54, 1.807) is 0 Å². The van der Waals surface area contributed by atoms with Crippen LogP contribution in [0.1, 0.15) is 71.1 Å². The van der Waals surface area contributed by atoms with Crippen molar-refractivity contribution in [2.24, 2.45) is 0 Å². The zero-order valence-corrected chi connectivity index (χ0v) is 12.9. The Labute approximate surface area is 124 Å². The number of rotatable bonds is 13. The van der Waals surface area contributed by atoms with Gasteiger partial charge in [-0.1, -0.05) is 62.6 Å². The molecule has 20 heavy (non-hydrogen) atoms. The molecule has 0 unspecified atom stereocenters. The summed E-state index contributed by atoms with van der Waals surface area (Å²) in [4.78, 5) is 10.3. The van der Waals surface area contributed by atoms with Gasteiger partial charge in [-0.25, -0.2) is 0 Å². The van der Waals surface area contributed by atoms with E-state index >= 15 is 0 Å². The van der Waals surface area contributed by atoms with Crippen LogP contribution in [0.3, 0.4) is 0 Å². The predicted octanol–water partition coefficient (Wildman–Crippen LogP) is 5.66. The minimum Gasteiger partial charge on any atom is -0.481 e. The highest BCUT2D eigenvalue weighted by atomic mass is 16.4. The summed E-state index contributed by atoms with van der Waals surface area (Å²) in [6.45, 7) is 2.15. The quantitative estimate of drug-likeness (QED) is 0.348. The Kier molecular flexibility index (Phi) is 14.7. The van der Waals surface area contributed by atoms with Gasteiger partial charge < -0.3 is 5.11 Å². The zero-order valence-electron chi connectivity index (χ0n) is 12.9. The van der Waals surface area contributed by atoms with E-state index in [2.05, 4.69) is 43.4 Å². The van der Waals surface area contributed by atoms with Crippen LogP contribution < -0.4 is 0 Å². The molecular weight excluding hydrogens is 248 g/mol. The number of allylic oxidation sites excluding steroid dienone is 6. The number of hydrogen-bond acceptors (Lipinski definition) is 1. The highest BCUT2D eigenvalue weighted by molar-refractivity contribution is 5.66. The molecule has 0 heterocycles. The van der Waals surface area contributed by atoms with Gasteiger partial charge in [0.05, 0.1) is 0 Å². The van der Waals surface area contributed by atoms with Gasteiger partial charge in [0.15, 0.2) is 0 Å². The van der Waals surface area contributed by atoms with Gasteiger partial charge >= 0.3 is 5.97 Å². The van der Waals surface area contributed by atoms with E-state index in [-0.39, 0.29) is 0 Å². The molecule has 0 aromatic rings. The van der Waals surface area contributed by atoms with E-state index in [0.29, 0.717) is 6.42 Å². The van der Waals surface area contributed by atoms with Crippen molar-refractivity contribution in [1.82, 2.24) is 0 Å². The molecule has 0 spiro atoms. The average Bonchev–Trinajstić information content (AvgIpc) is 2.43. The van der Waals surface area contributed by atoms with Crippen molar-refractivity contribution in [3.63, 3.8) is 0 Å². The predicted molar refractivity (Wildman–Crippen MR) is 86.9 cm³/mol. The van der Waals surface area contributed by atoms with Crippen molar-refractivity contribution < 1.29 is 9.90 Å². The third-order valence-corrected chi connectivity index (χ3v) is 3.04. The topological polar surface area (TPSA) is 37.3 Å². The normalized spacial score (nSPS) is 12.1. The van der Waals surface area contributed by atoms with Crippen LogP contribution in [0.2, 0.25) is 0 Å². The fourth-order valence-electron chi connectivity index (χ4n) is 1.90. The van der Waals surface area contributed by atoms with Gasteiger partial charge in [0.1, 0.15) is 0 Å². The first kappa shape index (κ1) is 18.7. The maximum Gasteiger partial charge on any atom is 0.303 e. The second-order valence-electron chi connectivity index (χ2n) is 4.99. The van der Waals surface area contributed by atoms with Crippen LogP contribution in [-0.4, -0.2) is 11.1 Å². The lowest BCUT2D eigenvalue weighted by Gasteiger charge is -1.98. The average molecular weight is 278 g/mol. The molecule has 0 amide bonds. The minimum absolute atomic E-state index is 0.319. The lowest BCUT2D eigenvalue weighted by atomic mass is 10.1. The number of aliphatic carboxylic acids is 1. The monoisotopic (exact) mass is 278 g/mol. The van der Waals surface area contributed by atoms with Crippen molar-refractivity contribution in [2.45, 2.75) is 71.1 Å². The van der Waals surface area contributed by atoms with Gasteiger partial charge in [0.25, 0.3) is 0 Å². The van der Waals surface area contributed by atoms with E-state index in [4.69, 9.17) is 5.11 Å². The molecule has 0 saturated carbocycles. The van der Waals surface area contributed by atoms with Gasteiger partial charge in [-0.15, -0.1) is 0 Å². The molecule has 0 bridgehead atoms. The molecule has 0 fully saturated rings. The van der Waals surface area contributed by atoms with Crippen molar-refractivity contribution in [3.8, 4) is 0 Å². The van der Waals surface area contributed by atoms with Crippen LogP contribution in [0.15, 0.2) is 36.5 Å². The van der Waals surface area contributed by atoms with Gasteiger partial charge in [0.2, 0.25) is 0 Å². The lowest BCUT2D eigenvalue weighted by Crippen LogP contribution is -1.93. The maximum atomic E-state index is 10.3. The summed E-state index contributed by atoms with van der Waals surface area (Å²) in [6, 6.07) is 0. The Morgan fingerprint density at radius 1 is 0.800 bits per heavy atom. The lowest BCUT2D eigenvalue weighted by molar-refractivity contribution is -0.137. The summed E-state index contributed by atoms with van der Waals surface area (Å²) in [5.41, 5.74) is 0. The molecule has 0 atom stereocenters. The number of carboxylic acid groups (broad SMARTS) is 1. The van der Waals surface area contributed by atoms with E-state index in [9.17, 15) is 4.79 Å². The Morgan fingerprint density at radius 2 is 1.35 bits per heavy atom. The molecule has 0 saturated heterocycles. The van der Waals surface area contributed by atoms with Gasteiger partial charge in [0, 0.05) is 6.42 Å². The molecule has 0 rings (SSSR count). The van der Waals surface area contributed by atoms with Gasteiger partial charge in [-0.2, -0.15) is 0 Å². The fourth-order valence-corrected chi connectivity index (χ4v) is 1.90. The summed E-state index contributed by atoms with van der Waals surface area (Å²) in [5, 5.41) is 8.50. The second-order valence-corrected chi connectivity index (χ2v) is 4.99. The van der Waals surface area contributed by atoms with Gasteiger partial charge in [-0.05, 0) is 38.5 Å². The van der Waals surface area contributed by atoms with E-state index in [1.807, 2.05) is 0 Å². The molecule has 114 valence electrons. The Bertz CT molecular complexity index is 301. The molecule has 0 aromatic heterocycles. The summed E-state index contributed by atoms with van der Waals surface area (Å²) in [5.74, 6) is -0.675. The third-order valence-electron chi connectivity index (χ3n) is 3.04. The molecule has 0 aromatic carbocycles. The first-order valence-electron chi connectivity index (χ1n) is 7.94. The SMILES string of the molecule is CC/C=C/C/C=C/C/C=C\CCCCCCCC(=O)O. The molecule has 1 N–H and O–H groups in total. The Balaban J connectivity index is 3.23. The summed E-state index contributed by atoms with van der Waals surface area (Å²) >= 11 is 0. The van der Waals surface area contributed by atoms with E-state index in [1.165, 1.54) is 12.8 Å². The Morgan fingerprint density at radius 3 is 2.00 bits per heavy atom. The number of unbranched alkanes of at least 4 members (excludes halogenated alkanes) is 5. The van der Waals surface area contributed by atoms with Crippen molar-refractivity contribution in [1.29, 1.82) is 0 Å².